The monoisotopic (exact) mass is 395 g/mol. The van der Waals surface area contributed by atoms with Crippen molar-refractivity contribution in [2.75, 3.05) is 24.4 Å². The molecule has 3 rings (SSSR count). The number of amides is 2. The van der Waals surface area contributed by atoms with E-state index >= 15 is 0 Å². The Bertz CT molecular complexity index is 705. The molecule has 2 atom stereocenters. The number of hydrogen-bond donors (Lipinski definition) is 2. The first-order chi connectivity index (χ1) is 12.9. The molecule has 0 spiro atoms. The van der Waals surface area contributed by atoms with Crippen molar-refractivity contribution in [3.63, 3.8) is 0 Å². The molecule has 1 unspecified atom stereocenters. The molecule has 1 saturated carbocycles. The molecule has 0 radical (unpaired) electrons. The standard InChI is InChI=1S/C18H25N3O5S/c1-13-12-20(18(23)26-16-4-2-3-5-16)10-11-21(13)17(22)14-6-8-15(9-7-14)19-27(24)25/h6-9,13,16,19H,2-5,10-12H2,1H3,(H,24,25)/t13-/m1/s1. The third-order valence-corrected chi connectivity index (χ3v) is 5.46. The van der Waals surface area contributed by atoms with Gasteiger partial charge in [0.15, 0.2) is 0 Å². The lowest BCUT2D eigenvalue weighted by atomic mass is 10.1. The van der Waals surface area contributed by atoms with Crippen molar-refractivity contribution >= 4 is 29.0 Å². The highest BCUT2D eigenvalue weighted by molar-refractivity contribution is 7.80. The molecule has 2 aliphatic rings. The van der Waals surface area contributed by atoms with Gasteiger partial charge in [-0.15, -0.1) is 0 Å². The molecule has 1 saturated heterocycles. The van der Waals surface area contributed by atoms with E-state index in [1.54, 1.807) is 34.1 Å². The Morgan fingerprint density at radius 1 is 1.19 bits per heavy atom. The van der Waals surface area contributed by atoms with E-state index in [9.17, 15) is 13.8 Å². The molecular formula is C18H25N3O5S. The first kappa shape index (κ1) is 19.6. The topological polar surface area (TPSA) is 99.2 Å². The number of piperazine rings is 1. The van der Waals surface area contributed by atoms with Gasteiger partial charge in [-0.25, -0.2) is 9.00 Å². The first-order valence-corrected chi connectivity index (χ1v) is 10.3. The lowest BCUT2D eigenvalue weighted by Gasteiger charge is -2.39. The molecule has 0 aromatic heterocycles. The molecule has 9 heteroatoms. The Morgan fingerprint density at radius 2 is 1.85 bits per heavy atom. The van der Waals surface area contributed by atoms with Gasteiger partial charge in [-0.3, -0.25) is 14.1 Å². The Kier molecular flexibility index (Phi) is 6.33. The third kappa shape index (κ3) is 4.98. The van der Waals surface area contributed by atoms with Gasteiger partial charge in [0, 0.05) is 36.9 Å². The molecule has 1 aliphatic heterocycles. The second-order valence-electron chi connectivity index (χ2n) is 7.01. The van der Waals surface area contributed by atoms with Crippen molar-refractivity contribution in [2.24, 2.45) is 0 Å². The lowest BCUT2D eigenvalue weighted by Crippen LogP contribution is -2.55. The van der Waals surface area contributed by atoms with E-state index in [0.717, 1.165) is 25.7 Å². The van der Waals surface area contributed by atoms with Gasteiger partial charge >= 0.3 is 6.09 Å². The summed E-state index contributed by atoms with van der Waals surface area (Å²) in [7, 11) is 0. The van der Waals surface area contributed by atoms with E-state index in [-0.39, 0.29) is 24.1 Å². The van der Waals surface area contributed by atoms with Crippen molar-refractivity contribution < 1.29 is 23.1 Å². The molecule has 1 heterocycles. The van der Waals surface area contributed by atoms with Gasteiger partial charge in [0.05, 0.1) is 0 Å². The number of nitrogens with one attached hydrogen (secondary N) is 1. The smallest absolute Gasteiger partial charge is 0.410 e. The summed E-state index contributed by atoms with van der Waals surface area (Å²) in [6.45, 7) is 3.25. The number of anilines is 1. The van der Waals surface area contributed by atoms with E-state index < -0.39 is 11.3 Å². The van der Waals surface area contributed by atoms with Crippen LogP contribution in [0.2, 0.25) is 0 Å². The fourth-order valence-electron chi connectivity index (χ4n) is 3.60. The van der Waals surface area contributed by atoms with Crippen molar-refractivity contribution in [3.8, 4) is 0 Å². The lowest BCUT2D eigenvalue weighted by molar-refractivity contribution is 0.0295. The largest absolute Gasteiger partial charge is 0.446 e. The van der Waals surface area contributed by atoms with Crippen LogP contribution in [0.3, 0.4) is 0 Å². The van der Waals surface area contributed by atoms with E-state index in [4.69, 9.17) is 9.29 Å². The Balaban J connectivity index is 1.56. The quantitative estimate of drug-likeness (QED) is 0.763. The molecule has 1 aromatic rings. The summed E-state index contributed by atoms with van der Waals surface area (Å²) in [5.74, 6) is -0.122. The number of benzene rings is 1. The zero-order chi connectivity index (χ0) is 19.4. The van der Waals surface area contributed by atoms with E-state index in [1.165, 1.54) is 0 Å². The van der Waals surface area contributed by atoms with Crippen LogP contribution in [-0.4, -0.2) is 62.3 Å². The summed E-state index contributed by atoms with van der Waals surface area (Å²) in [6.07, 6.45) is 3.85. The Morgan fingerprint density at radius 3 is 2.44 bits per heavy atom. The molecule has 2 amide bonds. The predicted molar refractivity (Wildman–Crippen MR) is 102 cm³/mol. The Hall–Kier alpha value is -2.13. The highest BCUT2D eigenvalue weighted by Crippen LogP contribution is 2.23. The number of nitrogens with zero attached hydrogens (tertiary/aromatic N) is 2. The van der Waals surface area contributed by atoms with Gasteiger partial charge in [-0.05, 0) is 56.9 Å². The predicted octanol–water partition coefficient (Wildman–Crippen LogP) is 2.46. The van der Waals surface area contributed by atoms with Crippen LogP contribution in [0.15, 0.2) is 24.3 Å². The summed E-state index contributed by atoms with van der Waals surface area (Å²) in [5, 5.41) is 0. The third-order valence-electron chi connectivity index (χ3n) is 5.05. The van der Waals surface area contributed by atoms with Crippen LogP contribution in [-0.2, 0) is 16.0 Å². The normalized spacial score (nSPS) is 21.8. The molecular weight excluding hydrogens is 370 g/mol. The number of carbonyl (C=O) groups is 2. The second kappa shape index (κ2) is 8.71. The van der Waals surface area contributed by atoms with Crippen LogP contribution in [0.5, 0.6) is 0 Å². The van der Waals surface area contributed by atoms with Gasteiger partial charge < -0.3 is 14.5 Å². The van der Waals surface area contributed by atoms with Crippen molar-refractivity contribution in [3.05, 3.63) is 29.8 Å². The average Bonchev–Trinajstić information content (AvgIpc) is 3.14. The minimum atomic E-state index is -2.15. The number of carbonyl (C=O) groups excluding carboxylic acids is 2. The summed E-state index contributed by atoms with van der Waals surface area (Å²) in [4.78, 5) is 28.5. The molecule has 148 valence electrons. The van der Waals surface area contributed by atoms with Crippen LogP contribution >= 0.6 is 0 Å². The van der Waals surface area contributed by atoms with Gasteiger partial charge in [0.2, 0.25) is 0 Å². The van der Waals surface area contributed by atoms with E-state index in [1.807, 2.05) is 6.92 Å². The van der Waals surface area contributed by atoms with E-state index in [0.29, 0.717) is 30.9 Å². The summed E-state index contributed by atoms with van der Waals surface area (Å²) in [6, 6.07) is 6.28. The van der Waals surface area contributed by atoms with Gasteiger partial charge in [-0.2, -0.15) is 0 Å². The summed E-state index contributed by atoms with van der Waals surface area (Å²) in [5.41, 5.74) is 0.956. The van der Waals surface area contributed by atoms with Crippen LogP contribution in [0.25, 0.3) is 0 Å². The van der Waals surface area contributed by atoms with Crippen LogP contribution in [0.1, 0.15) is 43.0 Å². The SMILES string of the molecule is C[C@@H]1CN(C(=O)OC2CCCC2)CCN1C(=O)c1ccc(NS(=O)O)cc1. The minimum Gasteiger partial charge on any atom is -0.446 e. The molecule has 2 N–H and O–H groups in total. The van der Waals surface area contributed by atoms with Crippen molar-refractivity contribution in [2.45, 2.75) is 44.8 Å². The second-order valence-corrected chi connectivity index (χ2v) is 7.71. The molecule has 0 bridgehead atoms. The maximum Gasteiger partial charge on any atom is 0.410 e. The fraction of sp³-hybridized carbons (Fsp3) is 0.556. The Labute approximate surface area is 161 Å². The first-order valence-electron chi connectivity index (χ1n) is 9.18. The van der Waals surface area contributed by atoms with Crippen molar-refractivity contribution in [1.29, 1.82) is 0 Å². The van der Waals surface area contributed by atoms with Crippen LogP contribution in [0.4, 0.5) is 10.5 Å². The highest BCUT2D eigenvalue weighted by atomic mass is 32.2. The van der Waals surface area contributed by atoms with E-state index in [2.05, 4.69) is 4.72 Å². The fourth-order valence-corrected chi connectivity index (χ4v) is 3.93. The number of hydrogen-bond acceptors (Lipinski definition) is 4. The molecule has 2 fully saturated rings. The molecule has 8 nitrogen and oxygen atoms in total. The van der Waals surface area contributed by atoms with Gasteiger partial charge in [0.1, 0.15) is 6.10 Å². The highest BCUT2D eigenvalue weighted by Gasteiger charge is 2.32. The maximum atomic E-state index is 12.8. The summed E-state index contributed by atoms with van der Waals surface area (Å²) >= 11 is -2.15. The average molecular weight is 395 g/mol. The van der Waals surface area contributed by atoms with Crippen LogP contribution < -0.4 is 4.72 Å². The van der Waals surface area contributed by atoms with Gasteiger partial charge in [-0.1, -0.05) is 0 Å². The summed E-state index contributed by atoms with van der Waals surface area (Å²) < 4.78 is 27.5. The van der Waals surface area contributed by atoms with Crippen molar-refractivity contribution in [1.82, 2.24) is 9.80 Å². The maximum absolute atomic E-state index is 12.8. The van der Waals surface area contributed by atoms with Gasteiger partial charge in [0.25, 0.3) is 17.2 Å². The van der Waals surface area contributed by atoms with Crippen LogP contribution in [0, 0.1) is 0 Å². The number of ether oxygens (including phenoxy) is 1. The molecule has 1 aromatic carbocycles. The zero-order valence-electron chi connectivity index (χ0n) is 15.3. The molecule has 1 aliphatic carbocycles. The zero-order valence-corrected chi connectivity index (χ0v) is 16.1. The number of rotatable bonds is 4. The minimum absolute atomic E-state index is 0.0350. The molecule has 27 heavy (non-hydrogen) atoms.